The van der Waals surface area contributed by atoms with Gasteiger partial charge in [-0.2, -0.15) is 0 Å². The van der Waals surface area contributed by atoms with E-state index in [1.807, 2.05) is 38.1 Å². The third-order valence-electron chi connectivity index (χ3n) is 5.55. The van der Waals surface area contributed by atoms with E-state index in [1.165, 1.54) is 21.6 Å². The minimum Gasteiger partial charge on any atom is -0.560 e. The lowest BCUT2D eigenvalue weighted by Gasteiger charge is -2.25. The van der Waals surface area contributed by atoms with Gasteiger partial charge in [-0.25, -0.2) is 9.79 Å². The van der Waals surface area contributed by atoms with Crippen molar-refractivity contribution in [3.05, 3.63) is 29.8 Å². The Kier molecular flexibility index (Phi) is 11.4. The van der Waals surface area contributed by atoms with E-state index < -0.39 is 35.9 Å². The molecule has 0 saturated carbocycles. The van der Waals surface area contributed by atoms with E-state index in [-0.39, 0.29) is 5.92 Å². The highest BCUT2D eigenvalue weighted by molar-refractivity contribution is 6.02. The number of nitrogens with one attached hydrogen (secondary N) is 2. The summed E-state index contributed by atoms with van der Waals surface area (Å²) in [5, 5.41) is 5.61. The number of carbonyl (C=O) groups excluding carboxylic acids is 3. The summed E-state index contributed by atoms with van der Waals surface area (Å²) in [5.41, 5.74) is 0.900. The van der Waals surface area contributed by atoms with Crippen LogP contribution >= 0.6 is 0 Å². The molecule has 1 aromatic rings. The Morgan fingerprint density at radius 3 is 2.56 bits per heavy atom. The highest BCUT2D eigenvalue weighted by Gasteiger charge is 2.29. The lowest BCUT2D eigenvalue weighted by atomic mass is 10.0. The Hall–Kier alpha value is -3.04. The zero-order chi connectivity index (χ0) is 24.9. The first-order chi connectivity index (χ1) is 16.3. The molecule has 1 aromatic carbocycles. The first-order valence-corrected chi connectivity index (χ1v) is 11.8. The van der Waals surface area contributed by atoms with Gasteiger partial charge in [-0.05, 0) is 49.3 Å². The Balaban J connectivity index is 2.31. The molecule has 3 atom stereocenters. The second-order valence-electron chi connectivity index (χ2n) is 8.83. The average Bonchev–Trinajstić information content (AvgIpc) is 2.81. The summed E-state index contributed by atoms with van der Waals surface area (Å²) in [5.74, 6) is -0.427. The molecule has 2 aliphatic heterocycles. The van der Waals surface area contributed by atoms with E-state index in [2.05, 4.69) is 15.6 Å². The minimum atomic E-state index is -0.811. The van der Waals surface area contributed by atoms with Crippen molar-refractivity contribution >= 4 is 32.2 Å². The van der Waals surface area contributed by atoms with E-state index in [0.29, 0.717) is 25.9 Å². The molecule has 9 nitrogen and oxygen atoms in total. The monoisotopic (exact) mass is 473 g/mol. The van der Waals surface area contributed by atoms with E-state index in [0.717, 1.165) is 30.6 Å². The number of hydrogen-bond acceptors (Lipinski definition) is 7. The van der Waals surface area contributed by atoms with Crippen LogP contribution in [0, 0.1) is 5.92 Å². The van der Waals surface area contributed by atoms with Crippen LogP contribution in [-0.2, 0) is 30.2 Å². The molecule has 0 fully saturated rings. The van der Waals surface area contributed by atoms with Gasteiger partial charge in [0.25, 0.3) is 0 Å². The number of carbonyl (C=O) groups is 3. The third-order valence-corrected chi connectivity index (χ3v) is 5.55. The van der Waals surface area contributed by atoms with Gasteiger partial charge in [0.05, 0.1) is 13.7 Å². The molecular formula is C24H36BN3O6. The Morgan fingerprint density at radius 1 is 1.18 bits per heavy atom. The zero-order valence-electron chi connectivity index (χ0n) is 20.5. The van der Waals surface area contributed by atoms with Crippen molar-refractivity contribution in [2.45, 2.75) is 70.5 Å². The van der Waals surface area contributed by atoms with Crippen LogP contribution < -0.4 is 15.4 Å². The Bertz CT molecular complexity index is 831. The van der Waals surface area contributed by atoms with Crippen LogP contribution in [0.5, 0.6) is 5.75 Å². The molecule has 0 saturated heterocycles. The average molecular weight is 473 g/mol. The van der Waals surface area contributed by atoms with Crippen molar-refractivity contribution in [1.82, 2.24) is 10.6 Å². The molecule has 0 aliphatic carbocycles. The van der Waals surface area contributed by atoms with Crippen LogP contribution in [0.2, 0.25) is 0 Å². The molecule has 0 unspecified atom stereocenters. The molecule has 0 aromatic heterocycles. The van der Waals surface area contributed by atoms with Crippen molar-refractivity contribution in [3.63, 3.8) is 0 Å². The number of esters is 1. The van der Waals surface area contributed by atoms with Gasteiger partial charge in [-0.1, -0.05) is 32.4 Å². The van der Waals surface area contributed by atoms with Gasteiger partial charge < -0.3 is 24.8 Å². The van der Waals surface area contributed by atoms with E-state index >= 15 is 0 Å². The topological polar surface area (TPSA) is 115 Å². The zero-order valence-corrected chi connectivity index (χ0v) is 20.5. The minimum absolute atomic E-state index is 0.138. The predicted octanol–water partition coefficient (Wildman–Crippen LogP) is 1.33. The van der Waals surface area contributed by atoms with E-state index in [4.69, 9.17) is 14.1 Å². The smallest absolute Gasteiger partial charge is 0.328 e. The molecule has 3 rings (SSSR count). The van der Waals surface area contributed by atoms with Crippen LogP contribution in [0.25, 0.3) is 0 Å². The highest BCUT2D eigenvalue weighted by atomic mass is 16.5. The molecule has 0 radical (unpaired) electrons. The van der Waals surface area contributed by atoms with Crippen molar-refractivity contribution in [2.75, 3.05) is 13.7 Å². The van der Waals surface area contributed by atoms with E-state index in [1.54, 1.807) is 0 Å². The molecule has 2 N–H and O–H groups in total. The number of hydrogen-bond donors (Lipinski definition) is 2. The number of methoxy groups -OCH3 is 1. The molecule has 2 aliphatic rings. The first kappa shape index (κ1) is 27.2. The third kappa shape index (κ3) is 9.07. The maximum absolute atomic E-state index is 13.2. The van der Waals surface area contributed by atoms with Gasteiger partial charge in [0, 0.05) is 6.42 Å². The molecule has 0 spiro atoms. The standard InChI is InChI=1S/C24H36BN3O6/c1-16(2)13-21-23(30)27-19(24(31)32-3)7-5-4-6-12-33-18-10-8-17(9-11-18)14-20(22(29)28-21)26-15-34-25/h8-11,15-16,19-21H,4-7,12-14,25H2,1-3H3,(H,27,30)(H,28,29)/t19-,20-,21-/m0/s1. The Labute approximate surface area is 202 Å². The van der Waals surface area contributed by atoms with Crippen LogP contribution in [0.3, 0.4) is 0 Å². The first-order valence-electron chi connectivity index (χ1n) is 11.8. The number of benzene rings is 1. The fourth-order valence-corrected chi connectivity index (χ4v) is 3.74. The van der Waals surface area contributed by atoms with Crippen molar-refractivity contribution in [1.29, 1.82) is 0 Å². The number of amides is 2. The number of rotatable bonds is 5. The van der Waals surface area contributed by atoms with Gasteiger partial charge in [-0.3, -0.25) is 9.59 Å². The Morgan fingerprint density at radius 2 is 1.91 bits per heavy atom. The predicted molar refractivity (Wildman–Crippen MR) is 131 cm³/mol. The highest BCUT2D eigenvalue weighted by Crippen LogP contribution is 2.16. The summed E-state index contributed by atoms with van der Waals surface area (Å²) in [7, 11) is 2.75. The van der Waals surface area contributed by atoms with E-state index in [9.17, 15) is 14.4 Å². The van der Waals surface area contributed by atoms with Gasteiger partial charge in [0.2, 0.25) is 11.8 Å². The maximum Gasteiger partial charge on any atom is 0.328 e. The molecule has 186 valence electrons. The van der Waals surface area contributed by atoms with Gasteiger partial charge in [0.15, 0.2) is 6.40 Å². The normalized spacial score (nSPS) is 22.9. The summed E-state index contributed by atoms with van der Waals surface area (Å²) < 4.78 is 15.6. The lowest BCUT2D eigenvalue weighted by molar-refractivity contribution is -0.145. The van der Waals surface area contributed by atoms with Crippen LogP contribution in [0.15, 0.2) is 29.3 Å². The summed E-state index contributed by atoms with van der Waals surface area (Å²) in [6.07, 6.45) is 4.79. The molecule has 34 heavy (non-hydrogen) atoms. The van der Waals surface area contributed by atoms with Gasteiger partial charge >= 0.3 is 14.0 Å². The molecule has 10 heteroatoms. The summed E-state index contributed by atoms with van der Waals surface area (Å²) >= 11 is 0. The molecule has 2 amide bonds. The van der Waals surface area contributed by atoms with Gasteiger partial charge in [0.1, 0.15) is 23.9 Å². The number of aliphatic imine (C=N–C) groups is 1. The summed E-state index contributed by atoms with van der Waals surface area (Å²) in [4.78, 5) is 42.8. The van der Waals surface area contributed by atoms with Gasteiger partial charge in [-0.15, -0.1) is 0 Å². The molecule has 2 heterocycles. The SMILES string of the molecule is BOC=N[C@H]1Cc2ccc(cc2)OCCCCC[C@@H](C(=O)OC)NC(=O)[C@H](CC(C)C)NC1=O. The second kappa shape index (κ2) is 14.3. The quantitative estimate of drug-likeness (QED) is 0.289. The second-order valence-corrected chi connectivity index (χ2v) is 8.83. The molecule has 2 bridgehead atoms. The van der Waals surface area contributed by atoms with Crippen LogP contribution in [0.4, 0.5) is 0 Å². The van der Waals surface area contributed by atoms with Crippen LogP contribution in [-0.4, -0.2) is 64.1 Å². The van der Waals surface area contributed by atoms with Crippen molar-refractivity contribution < 1.29 is 28.5 Å². The number of ether oxygens (including phenoxy) is 2. The van der Waals surface area contributed by atoms with Crippen LogP contribution in [0.1, 0.15) is 51.5 Å². The lowest BCUT2D eigenvalue weighted by Crippen LogP contribution is -2.53. The number of nitrogens with zero attached hydrogens (tertiary/aromatic N) is 1. The van der Waals surface area contributed by atoms with Crippen molar-refractivity contribution in [2.24, 2.45) is 10.9 Å². The fraction of sp³-hybridized carbons (Fsp3) is 0.583. The number of fused-ring (bicyclic) bond motifs is 15. The largest absolute Gasteiger partial charge is 0.560 e. The maximum atomic E-state index is 13.2. The fourth-order valence-electron chi connectivity index (χ4n) is 3.74. The molecular weight excluding hydrogens is 437 g/mol. The van der Waals surface area contributed by atoms with Crippen molar-refractivity contribution in [3.8, 4) is 5.75 Å². The summed E-state index contributed by atoms with van der Waals surface area (Å²) in [6, 6.07) is 5.17. The summed E-state index contributed by atoms with van der Waals surface area (Å²) in [6.45, 7) is 4.48.